The zero-order chi connectivity index (χ0) is 9.26. The fourth-order valence-electron chi connectivity index (χ4n) is 1.65. The number of benzene rings is 1. The van der Waals surface area contributed by atoms with E-state index in [1.54, 1.807) is 0 Å². The third-order valence-electron chi connectivity index (χ3n) is 2.26. The molecule has 68 valence electrons. The Bertz CT molecular complexity index is 417. The Morgan fingerprint density at radius 1 is 1.46 bits per heavy atom. The highest BCUT2D eigenvalue weighted by atomic mass is 15.1. The van der Waals surface area contributed by atoms with Crippen molar-refractivity contribution in [3.63, 3.8) is 0 Å². The molecule has 0 saturated heterocycles. The second-order valence-corrected chi connectivity index (χ2v) is 3.21. The highest BCUT2D eigenvalue weighted by molar-refractivity contribution is 5.84. The van der Waals surface area contributed by atoms with Crippen molar-refractivity contribution in [2.24, 2.45) is 5.73 Å². The van der Waals surface area contributed by atoms with Crippen LogP contribution in [0.2, 0.25) is 0 Å². The lowest BCUT2D eigenvalue weighted by molar-refractivity contribution is 0.909. The van der Waals surface area contributed by atoms with E-state index < -0.39 is 0 Å². The molecule has 1 heterocycles. The molecule has 0 aliphatic rings. The lowest BCUT2D eigenvalue weighted by atomic mass is 10.1. The van der Waals surface area contributed by atoms with Crippen molar-refractivity contribution in [2.45, 2.75) is 13.3 Å². The summed E-state index contributed by atoms with van der Waals surface area (Å²) in [5, 5.41) is 8.47. The molecule has 0 radical (unpaired) electrons. The number of fused-ring (bicyclic) bond motifs is 1. The summed E-state index contributed by atoms with van der Waals surface area (Å²) in [6.07, 6.45) is 0.862. The zero-order valence-electron chi connectivity index (χ0n) is 7.67. The molecule has 13 heavy (non-hydrogen) atoms. The fourth-order valence-corrected chi connectivity index (χ4v) is 1.65. The standard InChI is InChI=1S/C10H13N3/c1-7-3-2-4-8-10(7)9(5-6-11)13-12-8/h2-4H,5-6,11H2,1H3,(H,12,13). The number of nitrogens with zero attached hydrogens (tertiary/aromatic N) is 1. The molecule has 0 fully saturated rings. The third-order valence-corrected chi connectivity index (χ3v) is 2.26. The van der Waals surface area contributed by atoms with E-state index in [-0.39, 0.29) is 0 Å². The van der Waals surface area contributed by atoms with Crippen LogP contribution in [0.5, 0.6) is 0 Å². The molecule has 1 aromatic carbocycles. The van der Waals surface area contributed by atoms with Crippen LogP contribution in [-0.2, 0) is 6.42 Å². The first-order valence-electron chi connectivity index (χ1n) is 4.45. The van der Waals surface area contributed by atoms with Crippen LogP contribution in [0.25, 0.3) is 10.9 Å². The first kappa shape index (κ1) is 8.26. The molecular formula is C10H13N3. The van der Waals surface area contributed by atoms with Gasteiger partial charge in [0.15, 0.2) is 0 Å². The van der Waals surface area contributed by atoms with Crippen LogP contribution >= 0.6 is 0 Å². The number of aryl methyl sites for hydroxylation is 1. The van der Waals surface area contributed by atoms with Crippen LogP contribution in [0, 0.1) is 6.92 Å². The number of nitrogens with one attached hydrogen (secondary N) is 1. The molecule has 0 aliphatic heterocycles. The van der Waals surface area contributed by atoms with Crippen molar-refractivity contribution >= 4 is 10.9 Å². The first-order valence-corrected chi connectivity index (χ1v) is 4.45. The van der Waals surface area contributed by atoms with Gasteiger partial charge in [-0.15, -0.1) is 0 Å². The van der Waals surface area contributed by atoms with E-state index >= 15 is 0 Å². The zero-order valence-corrected chi connectivity index (χ0v) is 7.67. The Morgan fingerprint density at radius 3 is 3.08 bits per heavy atom. The largest absolute Gasteiger partial charge is 0.330 e. The predicted molar refractivity (Wildman–Crippen MR) is 53.6 cm³/mol. The number of nitrogens with two attached hydrogens (primary N) is 1. The van der Waals surface area contributed by atoms with E-state index in [1.807, 2.05) is 12.1 Å². The lowest BCUT2D eigenvalue weighted by Crippen LogP contribution is -2.03. The van der Waals surface area contributed by atoms with Gasteiger partial charge in [0.1, 0.15) is 0 Å². The lowest BCUT2D eigenvalue weighted by Gasteiger charge is -1.97. The van der Waals surface area contributed by atoms with Gasteiger partial charge in [-0.2, -0.15) is 5.10 Å². The summed E-state index contributed by atoms with van der Waals surface area (Å²) in [4.78, 5) is 0. The quantitative estimate of drug-likeness (QED) is 0.724. The Balaban J connectivity index is 2.64. The third kappa shape index (κ3) is 1.31. The van der Waals surface area contributed by atoms with E-state index in [4.69, 9.17) is 5.73 Å². The van der Waals surface area contributed by atoms with E-state index in [1.165, 1.54) is 10.9 Å². The minimum Gasteiger partial charge on any atom is -0.330 e. The van der Waals surface area contributed by atoms with Crippen LogP contribution in [0.1, 0.15) is 11.3 Å². The van der Waals surface area contributed by atoms with Gasteiger partial charge in [-0.05, 0) is 25.1 Å². The average Bonchev–Trinajstić information content (AvgIpc) is 2.51. The molecule has 2 rings (SSSR count). The van der Waals surface area contributed by atoms with E-state index in [2.05, 4.69) is 23.2 Å². The molecule has 2 aromatic rings. The van der Waals surface area contributed by atoms with Gasteiger partial charge in [0.2, 0.25) is 0 Å². The highest BCUT2D eigenvalue weighted by Crippen LogP contribution is 2.19. The number of H-pyrrole nitrogens is 1. The van der Waals surface area contributed by atoms with Gasteiger partial charge in [0.25, 0.3) is 0 Å². The fraction of sp³-hybridized carbons (Fsp3) is 0.300. The Hall–Kier alpha value is -1.35. The maximum absolute atomic E-state index is 5.51. The topological polar surface area (TPSA) is 54.7 Å². The van der Waals surface area contributed by atoms with Crippen LogP contribution < -0.4 is 5.73 Å². The summed E-state index contributed by atoms with van der Waals surface area (Å²) in [5.74, 6) is 0. The number of aromatic amines is 1. The van der Waals surface area contributed by atoms with Crippen molar-refractivity contribution in [3.05, 3.63) is 29.5 Å². The van der Waals surface area contributed by atoms with Gasteiger partial charge in [0, 0.05) is 17.5 Å². The van der Waals surface area contributed by atoms with Gasteiger partial charge in [-0.3, -0.25) is 5.10 Å². The molecule has 1 aromatic heterocycles. The molecule has 3 N–H and O–H groups in total. The monoisotopic (exact) mass is 175 g/mol. The van der Waals surface area contributed by atoms with Crippen molar-refractivity contribution in [1.82, 2.24) is 10.2 Å². The second-order valence-electron chi connectivity index (χ2n) is 3.21. The molecule has 0 saturated carbocycles. The summed E-state index contributed by atoms with van der Waals surface area (Å²) in [6, 6.07) is 6.13. The van der Waals surface area contributed by atoms with E-state index in [0.29, 0.717) is 6.54 Å². The molecule has 0 amide bonds. The smallest absolute Gasteiger partial charge is 0.0926 e. The number of hydrogen-bond donors (Lipinski definition) is 2. The van der Waals surface area contributed by atoms with Crippen molar-refractivity contribution in [3.8, 4) is 0 Å². The van der Waals surface area contributed by atoms with Gasteiger partial charge in [-0.1, -0.05) is 12.1 Å². The second kappa shape index (κ2) is 3.18. The normalized spacial score (nSPS) is 10.9. The Kier molecular flexibility index (Phi) is 2.02. The maximum atomic E-state index is 5.51. The molecule has 0 atom stereocenters. The average molecular weight is 175 g/mol. The molecule has 0 aliphatic carbocycles. The molecule has 0 unspecified atom stereocenters. The maximum Gasteiger partial charge on any atom is 0.0926 e. The predicted octanol–water partition coefficient (Wildman–Crippen LogP) is 1.37. The molecule has 0 bridgehead atoms. The number of rotatable bonds is 2. The highest BCUT2D eigenvalue weighted by Gasteiger charge is 2.05. The molecule has 3 heteroatoms. The summed E-state index contributed by atoms with van der Waals surface area (Å²) < 4.78 is 0. The van der Waals surface area contributed by atoms with Crippen molar-refractivity contribution in [1.29, 1.82) is 0 Å². The Labute approximate surface area is 76.9 Å². The molecule has 0 spiro atoms. The molecular weight excluding hydrogens is 162 g/mol. The van der Waals surface area contributed by atoms with Gasteiger partial charge in [-0.25, -0.2) is 0 Å². The first-order chi connectivity index (χ1) is 6.33. The SMILES string of the molecule is Cc1cccc2n[nH]c(CCN)c12. The van der Waals surface area contributed by atoms with Crippen molar-refractivity contribution in [2.75, 3.05) is 6.54 Å². The van der Waals surface area contributed by atoms with E-state index in [0.717, 1.165) is 17.6 Å². The van der Waals surface area contributed by atoms with Crippen LogP contribution in [-0.4, -0.2) is 16.7 Å². The minimum atomic E-state index is 0.658. The van der Waals surface area contributed by atoms with E-state index in [9.17, 15) is 0 Å². The summed E-state index contributed by atoms with van der Waals surface area (Å²) in [7, 11) is 0. The minimum absolute atomic E-state index is 0.658. The summed E-state index contributed by atoms with van der Waals surface area (Å²) in [6.45, 7) is 2.75. The Morgan fingerprint density at radius 2 is 2.31 bits per heavy atom. The van der Waals surface area contributed by atoms with Gasteiger partial charge < -0.3 is 5.73 Å². The number of hydrogen-bond acceptors (Lipinski definition) is 2. The number of aromatic nitrogens is 2. The van der Waals surface area contributed by atoms with Crippen LogP contribution in [0.3, 0.4) is 0 Å². The van der Waals surface area contributed by atoms with Crippen molar-refractivity contribution < 1.29 is 0 Å². The van der Waals surface area contributed by atoms with Crippen LogP contribution in [0.15, 0.2) is 18.2 Å². The molecule has 3 nitrogen and oxygen atoms in total. The summed E-state index contributed by atoms with van der Waals surface area (Å²) in [5.41, 5.74) is 8.95. The summed E-state index contributed by atoms with van der Waals surface area (Å²) >= 11 is 0. The van der Waals surface area contributed by atoms with Gasteiger partial charge >= 0.3 is 0 Å². The van der Waals surface area contributed by atoms with Gasteiger partial charge in [0.05, 0.1) is 5.52 Å². The van der Waals surface area contributed by atoms with Crippen LogP contribution in [0.4, 0.5) is 0 Å².